The van der Waals surface area contributed by atoms with E-state index in [2.05, 4.69) is 5.32 Å². The van der Waals surface area contributed by atoms with Gasteiger partial charge in [0.25, 0.3) is 0 Å². The molecule has 1 aliphatic rings. The fourth-order valence-electron chi connectivity index (χ4n) is 1.70. The van der Waals surface area contributed by atoms with Crippen molar-refractivity contribution in [1.29, 1.82) is 0 Å². The van der Waals surface area contributed by atoms with E-state index < -0.39 is 12.0 Å². The lowest BCUT2D eigenvalue weighted by atomic mass is 9.98. The van der Waals surface area contributed by atoms with Crippen LogP contribution in [0.15, 0.2) is 0 Å². The third kappa shape index (κ3) is 3.20. The summed E-state index contributed by atoms with van der Waals surface area (Å²) in [7, 11) is 0. The standard InChI is InChI=1S/C11H19NO4/c1-3-7(2)9(11(14)15)12-10(13)8-4-5-16-6-8/h7-9H,3-6H2,1-2H3,(H,12,13)(H,14,15)/t7-,8+,9-/m0/s1. The van der Waals surface area contributed by atoms with Crippen LogP contribution in [0.4, 0.5) is 0 Å². The average Bonchev–Trinajstić information content (AvgIpc) is 2.77. The van der Waals surface area contributed by atoms with Gasteiger partial charge in [0, 0.05) is 6.61 Å². The summed E-state index contributed by atoms with van der Waals surface area (Å²) in [6.07, 6.45) is 1.40. The molecule has 0 aromatic carbocycles. The second kappa shape index (κ2) is 5.84. The average molecular weight is 229 g/mol. The predicted molar refractivity (Wildman–Crippen MR) is 57.9 cm³/mol. The molecule has 1 fully saturated rings. The molecule has 0 aliphatic carbocycles. The van der Waals surface area contributed by atoms with E-state index in [9.17, 15) is 9.59 Å². The van der Waals surface area contributed by atoms with Crippen LogP contribution in [0.5, 0.6) is 0 Å². The molecule has 0 saturated carbocycles. The van der Waals surface area contributed by atoms with Crippen LogP contribution in [0.2, 0.25) is 0 Å². The maximum Gasteiger partial charge on any atom is 0.326 e. The van der Waals surface area contributed by atoms with Gasteiger partial charge in [-0.25, -0.2) is 4.79 Å². The molecule has 5 nitrogen and oxygen atoms in total. The van der Waals surface area contributed by atoms with E-state index in [1.807, 2.05) is 13.8 Å². The molecule has 0 bridgehead atoms. The monoisotopic (exact) mass is 229 g/mol. The predicted octanol–water partition coefficient (Wildman–Crippen LogP) is 0.638. The Morgan fingerprint density at radius 3 is 2.69 bits per heavy atom. The quantitative estimate of drug-likeness (QED) is 0.725. The van der Waals surface area contributed by atoms with E-state index in [4.69, 9.17) is 9.84 Å². The molecule has 3 atom stereocenters. The normalized spacial score (nSPS) is 23.8. The summed E-state index contributed by atoms with van der Waals surface area (Å²) >= 11 is 0. The summed E-state index contributed by atoms with van der Waals surface area (Å²) in [5.74, 6) is -1.43. The number of carboxylic acids is 1. The Morgan fingerprint density at radius 1 is 1.56 bits per heavy atom. The van der Waals surface area contributed by atoms with E-state index in [1.165, 1.54) is 0 Å². The molecule has 16 heavy (non-hydrogen) atoms. The summed E-state index contributed by atoms with van der Waals surface area (Å²) in [6.45, 7) is 4.72. The van der Waals surface area contributed by atoms with Crippen LogP contribution in [0.3, 0.4) is 0 Å². The molecule has 92 valence electrons. The minimum absolute atomic E-state index is 0.0660. The minimum Gasteiger partial charge on any atom is -0.480 e. The van der Waals surface area contributed by atoms with Gasteiger partial charge < -0.3 is 15.2 Å². The molecular formula is C11H19NO4. The molecule has 0 aromatic heterocycles. The first kappa shape index (κ1) is 13.0. The van der Waals surface area contributed by atoms with Crippen molar-refractivity contribution in [3.05, 3.63) is 0 Å². The Kier molecular flexibility index (Phi) is 4.73. The van der Waals surface area contributed by atoms with E-state index in [0.717, 1.165) is 6.42 Å². The summed E-state index contributed by atoms with van der Waals surface area (Å²) < 4.78 is 5.10. The number of rotatable bonds is 5. The number of amides is 1. The molecule has 1 amide bonds. The number of carbonyl (C=O) groups excluding carboxylic acids is 1. The van der Waals surface area contributed by atoms with Crippen LogP contribution in [0, 0.1) is 11.8 Å². The number of aliphatic carboxylic acids is 1. The number of hydrogen-bond acceptors (Lipinski definition) is 3. The van der Waals surface area contributed by atoms with Crippen molar-refractivity contribution in [2.45, 2.75) is 32.7 Å². The summed E-state index contributed by atoms with van der Waals surface area (Å²) in [6, 6.07) is -0.793. The maximum atomic E-state index is 11.7. The number of ether oxygens (including phenoxy) is 1. The third-order valence-corrected chi connectivity index (χ3v) is 3.08. The third-order valence-electron chi connectivity index (χ3n) is 3.08. The largest absolute Gasteiger partial charge is 0.480 e. The highest BCUT2D eigenvalue weighted by atomic mass is 16.5. The fourth-order valence-corrected chi connectivity index (χ4v) is 1.70. The highest BCUT2D eigenvalue weighted by Crippen LogP contribution is 2.14. The van der Waals surface area contributed by atoms with Crippen LogP contribution < -0.4 is 5.32 Å². The first-order valence-electron chi connectivity index (χ1n) is 5.67. The topological polar surface area (TPSA) is 75.6 Å². The molecule has 0 radical (unpaired) electrons. The van der Waals surface area contributed by atoms with Gasteiger partial charge in [0.15, 0.2) is 0 Å². The van der Waals surface area contributed by atoms with Gasteiger partial charge in [-0.05, 0) is 12.3 Å². The minimum atomic E-state index is -0.971. The lowest BCUT2D eigenvalue weighted by Crippen LogP contribution is -2.47. The van der Waals surface area contributed by atoms with Crippen molar-refractivity contribution in [3.8, 4) is 0 Å². The van der Waals surface area contributed by atoms with E-state index >= 15 is 0 Å². The van der Waals surface area contributed by atoms with Crippen LogP contribution >= 0.6 is 0 Å². The summed E-state index contributed by atoms with van der Waals surface area (Å²) in [5.41, 5.74) is 0. The Labute approximate surface area is 95.2 Å². The lowest BCUT2D eigenvalue weighted by Gasteiger charge is -2.21. The molecular weight excluding hydrogens is 210 g/mol. The zero-order chi connectivity index (χ0) is 12.1. The molecule has 1 heterocycles. The molecule has 1 aliphatic heterocycles. The zero-order valence-electron chi connectivity index (χ0n) is 9.73. The highest BCUT2D eigenvalue weighted by molar-refractivity contribution is 5.85. The van der Waals surface area contributed by atoms with Gasteiger partial charge in [-0.15, -0.1) is 0 Å². The second-order valence-corrected chi connectivity index (χ2v) is 4.27. The SMILES string of the molecule is CC[C@H](C)[C@H](NC(=O)[C@@H]1CCOC1)C(=O)O. The Balaban J connectivity index is 2.53. The summed E-state index contributed by atoms with van der Waals surface area (Å²) in [4.78, 5) is 22.7. The molecule has 0 aromatic rings. The molecule has 5 heteroatoms. The van der Waals surface area contributed by atoms with Crippen molar-refractivity contribution in [1.82, 2.24) is 5.32 Å². The van der Waals surface area contributed by atoms with Crippen molar-refractivity contribution in [3.63, 3.8) is 0 Å². The van der Waals surface area contributed by atoms with Gasteiger partial charge in [0.05, 0.1) is 12.5 Å². The van der Waals surface area contributed by atoms with Gasteiger partial charge >= 0.3 is 5.97 Å². The number of hydrogen-bond donors (Lipinski definition) is 2. The number of nitrogens with one attached hydrogen (secondary N) is 1. The van der Waals surface area contributed by atoms with Crippen LogP contribution in [0.1, 0.15) is 26.7 Å². The lowest BCUT2D eigenvalue weighted by molar-refractivity contribution is -0.144. The van der Waals surface area contributed by atoms with Crippen LogP contribution in [-0.4, -0.2) is 36.2 Å². The second-order valence-electron chi connectivity index (χ2n) is 4.27. The summed E-state index contributed by atoms with van der Waals surface area (Å²) in [5, 5.41) is 11.6. The highest BCUT2D eigenvalue weighted by Gasteiger charge is 2.30. The van der Waals surface area contributed by atoms with Gasteiger partial charge in [0.1, 0.15) is 6.04 Å². The molecule has 0 spiro atoms. The maximum absolute atomic E-state index is 11.7. The molecule has 0 unspecified atom stereocenters. The van der Waals surface area contributed by atoms with Crippen molar-refractivity contribution >= 4 is 11.9 Å². The zero-order valence-corrected chi connectivity index (χ0v) is 9.73. The van der Waals surface area contributed by atoms with Crippen molar-refractivity contribution in [2.24, 2.45) is 11.8 Å². The van der Waals surface area contributed by atoms with Gasteiger partial charge in [-0.3, -0.25) is 4.79 Å². The number of carbonyl (C=O) groups is 2. The van der Waals surface area contributed by atoms with E-state index in [-0.39, 0.29) is 17.7 Å². The Morgan fingerprint density at radius 2 is 2.25 bits per heavy atom. The van der Waals surface area contributed by atoms with Gasteiger partial charge in [-0.2, -0.15) is 0 Å². The fraction of sp³-hybridized carbons (Fsp3) is 0.818. The van der Waals surface area contributed by atoms with E-state index in [1.54, 1.807) is 0 Å². The van der Waals surface area contributed by atoms with Crippen molar-refractivity contribution < 1.29 is 19.4 Å². The van der Waals surface area contributed by atoms with Crippen molar-refractivity contribution in [2.75, 3.05) is 13.2 Å². The van der Waals surface area contributed by atoms with E-state index in [0.29, 0.717) is 19.6 Å². The first-order valence-corrected chi connectivity index (χ1v) is 5.67. The van der Waals surface area contributed by atoms with Crippen LogP contribution in [0.25, 0.3) is 0 Å². The van der Waals surface area contributed by atoms with Gasteiger partial charge in [0.2, 0.25) is 5.91 Å². The molecule has 2 N–H and O–H groups in total. The Bertz CT molecular complexity index is 261. The first-order chi connectivity index (χ1) is 7.56. The molecule has 1 saturated heterocycles. The smallest absolute Gasteiger partial charge is 0.326 e. The number of carboxylic acid groups (broad SMARTS) is 1. The Hall–Kier alpha value is -1.10. The van der Waals surface area contributed by atoms with Gasteiger partial charge in [-0.1, -0.05) is 20.3 Å². The van der Waals surface area contributed by atoms with Crippen LogP contribution in [-0.2, 0) is 14.3 Å². The molecule has 1 rings (SSSR count).